The molecule has 2 amide bonds. The van der Waals surface area contributed by atoms with E-state index in [1.807, 2.05) is 38.1 Å². The number of methoxy groups -OCH3 is 1. The van der Waals surface area contributed by atoms with E-state index in [9.17, 15) is 9.59 Å². The first-order valence-electron chi connectivity index (χ1n) is 8.84. The number of hydrogen-bond donors (Lipinski definition) is 3. The van der Waals surface area contributed by atoms with Gasteiger partial charge in [-0.2, -0.15) is 0 Å². The van der Waals surface area contributed by atoms with Crippen LogP contribution >= 0.6 is 15.9 Å². The fraction of sp³-hybridized carbons (Fsp3) is 0.238. The van der Waals surface area contributed by atoms with Crippen LogP contribution in [-0.4, -0.2) is 25.5 Å². The summed E-state index contributed by atoms with van der Waals surface area (Å²) in [5, 5.41) is 2.77. The number of benzene rings is 2. The maximum Gasteiger partial charge on any atom is 0.276 e. The van der Waals surface area contributed by atoms with E-state index in [1.165, 1.54) is 7.11 Å². The summed E-state index contributed by atoms with van der Waals surface area (Å²) in [6.07, 6.45) is -0.0260. The molecule has 0 aliphatic rings. The zero-order valence-corrected chi connectivity index (χ0v) is 18.2. The van der Waals surface area contributed by atoms with Crippen LogP contribution < -0.4 is 25.6 Å². The van der Waals surface area contributed by atoms with Crippen LogP contribution in [0.15, 0.2) is 53.1 Å². The fourth-order valence-electron chi connectivity index (χ4n) is 2.41. The van der Waals surface area contributed by atoms with Crippen LogP contribution in [0.3, 0.4) is 0 Å². The van der Waals surface area contributed by atoms with E-state index < -0.39 is 5.91 Å². The number of amides is 2. The van der Waals surface area contributed by atoms with E-state index in [-0.39, 0.29) is 18.9 Å². The lowest BCUT2D eigenvalue weighted by Gasteiger charge is -2.14. The number of carbonyl (C=O) groups is 2. The van der Waals surface area contributed by atoms with Crippen molar-refractivity contribution >= 4 is 33.4 Å². The summed E-state index contributed by atoms with van der Waals surface area (Å²) in [4.78, 5) is 24.1. The van der Waals surface area contributed by atoms with Gasteiger partial charge in [-0.3, -0.25) is 15.0 Å². The Morgan fingerprint density at radius 1 is 1.00 bits per heavy atom. The van der Waals surface area contributed by atoms with Crippen molar-refractivity contribution < 1.29 is 19.1 Å². The third kappa shape index (κ3) is 7.15. The smallest absolute Gasteiger partial charge is 0.276 e. The van der Waals surface area contributed by atoms with Gasteiger partial charge in [-0.15, -0.1) is 0 Å². The molecule has 7 nitrogen and oxygen atoms in total. The molecular weight excluding hydrogens is 438 g/mol. The number of nitrogens with one attached hydrogen (secondary N) is 3. The summed E-state index contributed by atoms with van der Waals surface area (Å²) < 4.78 is 11.5. The highest BCUT2D eigenvalue weighted by Crippen LogP contribution is 2.26. The Labute approximate surface area is 178 Å². The molecule has 0 aliphatic heterocycles. The minimum absolute atomic E-state index is 0.0260. The van der Waals surface area contributed by atoms with Crippen molar-refractivity contribution in [3.05, 3.63) is 64.3 Å². The molecule has 2 rings (SSSR count). The van der Waals surface area contributed by atoms with Crippen LogP contribution in [0.4, 0.5) is 5.69 Å². The highest BCUT2D eigenvalue weighted by Gasteiger charge is 2.11. The molecule has 0 fully saturated rings. The predicted molar refractivity (Wildman–Crippen MR) is 116 cm³/mol. The van der Waals surface area contributed by atoms with Gasteiger partial charge in [-0.1, -0.05) is 18.7 Å². The maximum atomic E-state index is 12.2. The third-order valence-electron chi connectivity index (χ3n) is 3.83. The molecule has 0 bridgehead atoms. The van der Waals surface area contributed by atoms with Crippen LogP contribution in [0.1, 0.15) is 17.5 Å². The van der Waals surface area contributed by atoms with Crippen LogP contribution in [0.2, 0.25) is 0 Å². The molecule has 0 aromatic heterocycles. The Balaban J connectivity index is 1.76. The molecule has 0 radical (unpaired) electrons. The molecule has 154 valence electrons. The number of anilines is 1. The average molecular weight is 462 g/mol. The Morgan fingerprint density at radius 2 is 1.66 bits per heavy atom. The summed E-state index contributed by atoms with van der Waals surface area (Å²) >= 11 is 3.39. The van der Waals surface area contributed by atoms with Crippen molar-refractivity contribution in [1.29, 1.82) is 0 Å². The number of halogens is 1. The number of hydrogen-bond acceptors (Lipinski definition) is 5. The van der Waals surface area contributed by atoms with Gasteiger partial charge in [0.25, 0.3) is 5.91 Å². The highest BCUT2D eigenvalue weighted by atomic mass is 79.9. The molecule has 3 N–H and O–H groups in total. The Morgan fingerprint density at radius 3 is 2.31 bits per heavy atom. The summed E-state index contributed by atoms with van der Waals surface area (Å²) in [5.41, 5.74) is 8.05. The van der Waals surface area contributed by atoms with Gasteiger partial charge in [0, 0.05) is 5.70 Å². The van der Waals surface area contributed by atoms with Gasteiger partial charge in [0.15, 0.2) is 6.61 Å². The predicted octanol–water partition coefficient (Wildman–Crippen LogP) is 3.62. The number of carbonyl (C=O) groups excluding carboxylic acids is 2. The molecule has 0 spiro atoms. The van der Waals surface area contributed by atoms with Gasteiger partial charge < -0.3 is 20.2 Å². The molecule has 2 aromatic carbocycles. The summed E-state index contributed by atoms with van der Waals surface area (Å²) in [6.45, 7) is 7.44. The Kier molecular flexibility index (Phi) is 8.09. The normalized spacial score (nSPS) is 10.1. The molecule has 2 aromatic rings. The van der Waals surface area contributed by atoms with Crippen molar-refractivity contribution in [2.24, 2.45) is 0 Å². The molecule has 0 unspecified atom stereocenters. The second-order valence-corrected chi connectivity index (χ2v) is 7.28. The molecule has 0 aliphatic carbocycles. The van der Waals surface area contributed by atoms with Crippen molar-refractivity contribution in [2.75, 3.05) is 19.0 Å². The first kappa shape index (κ1) is 22.3. The average Bonchev–Trinajstić information content (AvgIpc) is 2.65. The number of hydrazine groups is 1. The second-order valence-electron chi connectivity index (χ2n) is 6.43. The first-order chi connectivity index (χ1) is 13.8. The largest absolute Gasteiger partial charge is 0.495 e. The summed E-state index contributed by atoms with van der Waals surface area (Å²) in [7, 11) is 1.54. The lowest BCUT2D eigenvalue weighted by molar-refractivity contribution is -0.124. The summed E-state index contributed by atoms with van der Waals surface area (Å²) in [6, 6.07) is 11.1. The SMILES string of the molecule is C=C(CC(=O)Nc1cc(C)ccc1OC)NNC(=O)COc1ccc(C)cc1Br. The van der Waals surface area contributed by atoms with Gasteiger partial charge in [0.05, 0.1) is 23.7 Å². The van der Waals surface area contributed by atoms with Crippen molar-refractivity contribution in [3.63, 3.8) is 0 Å². The van der Waals surface area contributed by atoms with E-state index in [1.54, 1.807) is 12.1 Å². The monoisotopic (exact) mass is 461 g/mol. The summed E-state index contributed by atoms with van der Waals surface area (Å²) in [5.74, 6) is 0.436. The second kappa shape index (κ2) is 10.5. The van der Waals surface area contributed by atoms with Crippen molar-refractivity contribution in [1.82, 2.24) is 10.9 Å². The maximum absolute atomic E-state index is 12.2. The minimum atomic E-state index is -0.403. The van der Waals surface area contributed by atoms with Crippen LogP contribution in [-0.2, 0) is 9.59 Å². The zero-order valence-electron chi connectivity index (χ0n) is 16.6. The van der Waals surface area contributed by atoms with E-state index in [0.29, 0.717) is 22.9 Å². The van der Waals surface area contributed by atoms with Crippen molar-refractivity contribution in [3.8, 4) is 11.5 Å². The van der Waals surface area contributed by atoms with Crippen LogP contribution in [0.25, 0.3) is 0 Å². The van der Waals surface area contributed by atoms with Crippen LogP contribution in [0, 0.1) is 13.8 Å². The lowest BCUT2D eigenvalue weighted by Crippen LogP contribution is -2.40. The standard InChI is InChI=1S/C21H24BrN3O4/c1-13-5-7-18(16(22)9-13)29-12-21(27)25-24-15(3)11-20(26)23-17-10-14(2)6-8-19(17)28-4/h5-10,24H,3,11-12H2,1-2,4H3,(H,23,26)(H,25,27). The van der Waals surface area contributed by atoms with Gasteiger partial charge in [0.1, 0.15) is 11.5 Å². The van der Waals surface area contributed by atoms with Gasteiger partial charge >= 0.3 is 0 Å². The lowest BCUT2D eigenvalue weighted by atomic mass is 10.2. The minimum Gasteiger partial charge on any atom is -0.495 e. The number of ether oxygens (including phenoxy) is 2. The van der Waals surface area contributed by atoms with Crippen LogP contribution in [0.5, 0.6) is 11.5 Å². The number of rotatable bonds is 9. The van der Waals surface area contributed by atoms with E-state index in [4.69, 9.17) is 9.47 Å². The molecule has 0 saturated heterocycles. The highest BCUT2D eigenvalue weighted by molar-refractivity contribution is 9.10. The van der Waals surface area contributed by atoms with E-state index in [2.05, 4.69) is 38.7 Å². The van der Waals surface area contributed by atoms with Gasteiger partial charge in [-0.05, 0) is 65.2 Å². The Hall–Kier alpha value is -3.00. The number of aryl methyl sites for hydroxylation is 2. The molecule has 0 atom stereocenters. The van der Waals surface area contributed by atoms with Gasteiger partial charge in [0.2, 0.25) is 5.91 Å². The zero-order chi connectivity index (χ0) is 21.4. The first-order valence-corrected chi connectivity index (χ1v) is 9.64. The molecule has 29 heavy (non-hydrogen) atoms. The molecule has 0 saturated carbocycles. The van der Waals surface area contributed by atoms with E-state index >= 15 is 0 Å². The Bertz CT molecular complexity index is 915. The van der Waals surface area contributed by atoms with Gasteiger partial charge in [-0.25, -0.2) is 0 Å². The van der Waals surface area contributed by atoms with Crippen molar-refractivity contribution in [2.45, 2.75) is 20.3 Å². The molecule has 8 heteroatoms. The third-order valence-corrected chi connectivity index (χ3v) is 4.45. The fourth-order valence-corrected chi connectivity index (χ4v) is 3.02. The topological polar surface area (TPSA) is 88.7 Å². The van der Waals surface area contributed by atoms with E-state index in [0.717, 1.165) is 15.6 Å². The molecule has 0 heterocycles. The quantitative estimate of drug-likeness (QED) is 0.496. The molecular formula is C21H24BrN3O4.